The molecular weight excluding hydrogens is 256 g/mol. The Labute approximate surface area is 119 Å². The second-order valence-corrected chi connectivity index (χ2v) is 6.05. The van der Waals surface area contributed by atoms with Crippen LogP contribution >= 0.6 is 0 Å². The Balaban J connectivity index is 1.57. The van der Waals surface area contributed by atoms with Crippen LogP contribution in [0.15, 0.2) is 23.0 Å². The molecule has 1 aromatic heterocycles. The van der Waals surface area contributed by atoms with Crippen molar-refractivity contribution in [1.29, 1.82) is 0 Å². The molecule has 0 radical (unpaired) electrons. The molecule has 2 fully saturated rings. The van der Waals surface area contributed by atoms with Gasteiger partial charge in [-0.1, -0.05) is 0 Å². The number of rotatable bonds is 3. The molecule has 110 valence electrons. The summed E-state index contributed by atoms with van der Waals surface area (Å²) in [6.45, 7) is 2.88. The first-order valence-corrected chi connectivity index (χ1v) is 7.23. The van der Waals surface area contributed by atoms with Crippen molar-refractivity contribution in [2.75, 3.05) is 27.2 Å². The zero-order chi connectivity index (χ0) is 14.1. The summed E-state index contributed by atoms with van der Waals surface area (Å²) >= 11 is 0. The number of nitrogens with zero attached hydrogens (tertiary/aromatic N) is 2. The van der Waals surface area contributed by atoms with Crippen LogP contribution in [0, 0.1) is 5.92 Å². The molecule has 3 rings (SSSR count). The number of piperidine rings is 1. The van der Waals surface area contributed by atoms with Crippen LogP contribution in [0.25, 0.3) is 0 Å². The molecule has 1 amide bonds. The third kappa shape index (κ3) is 2.74. The highest BCUT2D eigenvalue weighted by Crippen LogP contribution is 2.34. The molecule has 0 N–H and O–H groups in total. The Morgan fingerprint density at radius 2 is 2.35 bits per heavy atom. The van der Waals surface area contributed by atoms with E-state index >= 15 is 0 Å². The Kier molecular flexibility index (Phi) is 3.81. The van der Waals surface area contributed by atoms with Crippen LogP contribution in [0.5, 0.6) is 0 Å². The van der Waals surface area contributed by atoms with E-state index in [9.17, 15) is 4.79 Å². The summed E-state index contributed by atoms with van der Waals surface area (Å²) in [6, 6.07) is 2.00. The summed E-state index contributed by atoms with van der Waals surface area (Å²) < 4.78 is 11.1. The smallest absolute Gasteiger partial charge is 0.251 e. The molecule has 2 aliphatic rings. The maximum Gasteiger partial charge on any atom is 0.251 e. The van der Waals surface area contributed by atoms with E-state index in [1.54, 1.807) is 31.5 Å². The molecule has 0 aliphatic carbocycles. The summed E-state index contributed by atoms with van der Waals surface area (Å²) in [5.41, 5.74) is 1.20. The molecule has 3 heterocycles. The standard InChI is InChI=1S/C15H22N2O3/c1-16(2)15(18)13-7-12-3-5-17(9-14(12)20-13)8-11-4-6-19-10-11/h4,6,10,12-14H,3,5,7-9H2,1-2H3/t12-,13-,14+/m0/s1. The molecule has 0 saturated carbocycles. The number of hydrogen-bond acceptors (Lipinski definition) is 4. The van der Waals surface area contributed by atoms with Crippen molar-refractivity contribution in [3.8, 4) is 0 Å². The van der Waals surface area contributed by atoms with Crippen LogP contribution in [0.1, 0.15) is 18.4 Å². The maximum atomic E-state index is 12.0. The second-order valence-electron chi connectivity index (χ2n) is 6.05. The van der Waals surface area contributed by atoms with Crippen molar-refractivity contribution in [1.82, 2.24) is 9.80 Å². The Bertz CT molecular complexity index is 458. The lowest BCUT2D eigenvalue weighted by Crippen LogP contribution is -2.42. The zero-order valence-electron chi connectivity index (χ0n) is 12.1. The summed E-state index contributed by atoms with van der Waals surface area (Å²) in [4.78, 5) is 16.0. The number of carbonyl (C=O) groups excluding carboxylic acids is 1. The first kappa shape index (κ1) is 13.6. The average molecular weight is 278 g/mol. The lowest BCUT2D eigenvalue weighted by molar-refractivity contribution is -0.141. The fourth-order valence-electron chi connectivity index (χ4n) is 3.23. The minimum absolute atomic E-state index is 0.0979. The van der Waals surface area contributed by atoms with Crippen molar-refractivity contribution in [3.05, 3.63) is 24.2 Å². The van der Waals surface area contributed by atoms with E-state index in [1.807, 2.05) is 6.07 Å². The maximum absolute atomic E-state index is 12.0. The van der Waals surface area contributed by atoms with Gasteiger partial charge in [0.15, 0.2) is 0 Å². The molecule has 0 aromatic carbocycles. The predicted octanol–water partition coefficient (Wildman–Crippen LogP) is 1.35. The first-order chi connectivity index (χ1) is 9.63. The van der Waals surface area contributed by atoms with Crippen molar-refractivity contribution in [2.45, 2.75) is 31.6 Å². The van der Waals surface area contributed by atoms with Gasteiger partial charge in [-0.25, -0.2) is 0 Å². The highest BCUT2D eigenvalue weighted by atomic mass is 16.5. The Morgan fingerprint density at radius 3 is 3.05 bits per heavy atom. The predicted molar refractivity (Wildman–Crippen MR) is 74.1 cm³/mol. The van der Waals surface area contributed by atoms with Crippen molar-refractivity contribution in [2.24, 2.45) is 5.92 Å². The molecule has 2 saturated heterocycles. The summed E-state index contributed by atoms with van der Waals surface area (Å²) in [7, 11) is 3.58. The van der Waals surface area contributed by atoms with Crippen molar-refractivity contribution >= 4 is 5.91 Å². The highest BCUT2D eigenvalue weighted by molar-refractivity contribution is 5.80. The van der Waals surface area contributed by atoms with E-state index in [-0.39, 0.29) is 18.1 Å². The Morgan fingerprint density at radius 1 is 1.50 bits per heavy atom. The number of amides is 1. The van der Waals surface area contributed by atoms with E-state index in [0.717, 1.165) is 32.5 Å². The van der Waals surface area contributed by atoms with Gasteiger partial charge in [-0.15, -0.1) is 0 Å². The van der Waals surface area contributed by atoms with Gasteiger partial charge >= 0.3 is 0 Å². The molecule has 0 unspecified atom stereocenters. The van der Waals surface area contributed by atoms with Crippen LogP contribution in [-0.2, 0) is 16.1 Å². The van der Waals surface area contributed by atoms with Gasteiger partial charge in [0.1, 0.15) is 6.10 Å². The van der Waals surface area contributed by atoms with E-state index in [1.165, 1.54) is 5.56 Å². The van der Waals surface area contributed by atoms with Crippen LogP contribution in [0.2, 0.25) is 0 Å². The minimum Gasteiger partial charge on any atom is -0.472 e. The summed E-state index contributed by atoms with van der Waals surface area (Å²) in [5.74, 6) is 0.630. The molecule has 2 aliphatic heterocycles. The van der Waals surface area contributed by atoms with Gasteiger partial charge in [0, 0.05) is 32.7 Å². The molecule has 5 heteroatoms. The highest BCUT2D eigenvalue weighted by Gasteiger charge is 2.42. The summed E-state index contributed by atoms with van der Waals surface area (Å²) in [6.07, 6.45) is 5.44. The molecule has 20 heavy (non-hydrogen) atoms. The third-order valence-corrected chi connectivity index (χ3v) is 4.34. The molecule has 3 atom stereocenters. The number of ether oxygens (including phenoxy) is 1. The lowest BCUT2D eigenvalue weighted by atomic mass is 9.91. The van der Waals surface area contributed by atoms with Crippen LogP contribution < -0.4 is 0 Å². The lowest BCUT2D eigenvalue weighted by Gasteiger charge is -2.33. The van der Waals surface area contributed by atoms with Crippen LogP contribution in [0.3, 0.4) is 0 Å². The molecule has 5 nitrogen and oxygen atoms in total. The van der Waals surface area contributed by atoms with Gasteiger partial charge in [0.05, 0.1) is 18.6 Å². The number of likely N-dealkylation sites (tertiary alicyclic amines) is 1. The van der Waals surface area contributed by atoms with E-state index in [2.05, 4.69) is 4.90 Å². The molecule has 0 bridgehead atoms. The van der Waals surface area contributed by atoms with E-state index < -0.39 is 0 Å². The van der Waals surface area contributed by atoms with Crippen molar-refractivity contribution < 1.29 is 13.9 Å². The van der Waals surface area contributed by atoms with Gasteiger partial charge in [0.25, 0.3) is 5.91 Å². The average Bonchev–Trinajstić information content (AvgIpc) is 3.06. The SMILES string of the molecule is CN(C)C(=O)[C@@H]1C[C@@H]2CCN(Cc3ccoc3)C[C@H]2O1. The number of furan rings is 1. The normalized spacial score (nSPS) is 30.2. The van der Waals surface area contributed by atoms with Gasteiger partial charge < -0.3 is 14.1 Å². The monoisotopic (exact) mass is 278 g/mol. The van der Waals surface area contributed by atoms with E-state index in [4.69, 9.17) is 9.15 Å². The van der Waals surface area contributed by atoms with Gasteiger partial charge in [-0.05, 0) is 31.4 Å². The number of fused-ring (bicyclic) bond motifs is 1. The first-order valence-electron chi connectivity index (χ1n) is 7.23. The molecule has 1 aromatic rings. The fourth-order valence-corrected chi connectivity index (χ4v) is 3.23. The fraction of sp³-hybridized carbons (Fsp3) is 0.667. The number of carbonyl (C=O) groups is 1. The van der Waals surface area contributed by atoms with Gasteiger partial charge in [-0.3, -0.25) is 9.69 Å². The van der Waals surface area contributed by atoms with Gasteiger partial charge in [0.2, 0.25) is 0 Å². The number of likely N-dealkylation sites (N-methyl/N-ethyl adjacent to an activating group) is 1. The zero-order valence-corrected chi connectivity index (χ0v) is 12.1. The topological polar surface area (TPSA) is 45.9 Å². The Hall–Kier alpha value is -1.33. The molecule has 0 spiro atoms. The quantitative estimate of drug-likeness (QED) is 0.837. The van der Waals surface area contributed by atoms with Crippen LogP contribution in [0.4, 0.5) is 0 Å². The van der Waals surface area contributed by atoms with E-state index in [0.29, 0.717) is 5.92 Å². The van der Waals surface area contributed by atoms with Crippen molar-refractivity contribution in [3.63, 3.8) is 0 Å². The largest absolute Gasteiger partial charge is 0.472 e. The second kappa shape index (κ2) is 5.58. The molecular formula is C15H22N2O3. The van der Waals surface area contributed by atoms with Gasteiger partial charge in [-0.2, -0.15) is 0 Å². The number of hydrogen-bond donors (Lipinski definition) is 0. The van der Waals surface area contributed by atoms with Crippen LogP contribution in [-0.4, -0.2) is 55.1 Å². The minimum atomic E-state index is -0.242. The third-order valence-electron chi connectivity index (χ3n) is 4.34. The summed E-state index contributed by atoms with van der Waals surface area (Å²) in [5, 5.41) is 0.